The van der Waals surface area contributed by atoms with Gasteiger partial charge in [0.1, 0.15) is 6.61 Å². The number of nitrogens with zero attached hydrogens (tertiary/aromatic N) is 1. The second-order valence-corrected chi connectivity index (χ2v) is 7.98. The zero-order chi connectivity index (χ0) is 19.8. The first kappa shape index (κ1) is 18.3. The lowest BCUT2D eigenvalue weighted by atomic mass is 9.91. The maximum absolute atomic E-state index is 13.1. The Labute approximate surface area is 170 Å². The smallest absolute Gasteiger partial charge is 0.410 e. The molecule has 5 rings (SSSR count). The Bertz CT molecular complexity index is 892. The third-order valence-electron chi connectivity index (χ3n) is 6.23. The molecule has 1 aliphatic carbocycles. The second kappa shape index (κ2) is 7.56. The van der Waals surface area contributed by atoms with Gasteiger partial charge in [-0.2, -0.15) is 0 Å². The Morgan fingerprint density at radius 3 is 2.21 bits per heavy atom. The van der Waals surface area contributed by atoms with Gasteiger partial charge in [-0.3, -0.25) is 4.90 Å². The van der Waals surface area contributed by atoms with Crippen molar-refractivity contribution in [1.29, 1.82) is 0 Å². The van der Waals surface area contributed by atoms with Gasteiger partial charge in [0.15, 0.2) is 0 Å². The number of amides is 1. The van der Waals surface area contributed by atoms with Crippen LogP contribution < -0.4 is 0 Å². The zero-order valence-corrected chi connectivity index (χ0v) is 16.5. The molecule has 2 unspecified atom stereocenters. The lowest BCUT2D eigenvalue weighted by Gasteiger charge is -2.45. The molecule has 2 aromatic carbocycles. The summed E-state index contributed by atoms with van der Waals surface area (Å²) in [7, 11) is 1.66. The standard InChI is InChI=1S/C24H25NO4/c1-27-12-16-10-17-13-28-14-18(11-16)25(17)24(26)29-15-23-21-8-4-2-6-19(21)20-7-3-5-9-22(20)23/h2-9,12,17-18,23H,10-11,13-15H2,1H3. The third-order valence-corrected chi connectivity index (χ3v) is 6.23. The lowest BCUT2D eigenvalue weighted by Crippen LogP contribution is -2.58. The monoisotopic (exact) mass is 391 g/mol. The summed E-state index contributed by atoms with van der Waals surface area (Å²) in [4.78, 5) is 14.9. The Morgan fingerprint density at radius 2 is 1.62 bits per heavy atom. The van der Waals surface area contributed by atoms with Gasteiger partial charge in [-0.1, -0.05) is 48.5 Å². The van der Waals surface area contributed by atoms with Crippen LogP contribution in [0.1, 0.15) is 29.9 Å². The maximum atomic E-state index is 13.1. The molecule has 1 amide bonds. The molecule has 150 valence electrons. The van der Waals surface area contributed by atoms with Crippen LogP contribution in [0.15, 0.2) is 60.4 Å². The molecule has 2 fully saturated rings. The van der Waals surface area contributed by atoms with E-state index in [0.717, 1.165) is 12.8 Å². The number of rotatable bonds is 3. The Kier molecular flexibility index (Phi) is 4.76. The van der Waals surface area contributed by atoms with Crippen molar-refractivity contribution in [2.24, 2.45) is 0 Å². The van der Waals surface area contributed by atoms with Gasteiger partial charge < -0.3 is 14.2 Å². The van der Waals surface area contributed by atoms with E-state index in [2.05, 4.69) is 48.5 Å². The van der Waals surface area contributed by atoms with Crippen molar-refractivity contribution >= 4 is 6.09 Å². The van der Waals surface area contributed by atoms with Crippen LogP contribution >= 0.6 is 0 Å². The van der Waals surface area contributed by atoms with E-state index < -0.39 is 0 Å². The normalized spacial score (nSPS) is 22.7. The average molecular weight is 391 g/mol. The summed E-state index contributed by atoms with van der Waals surface area (Å²) in [6.07, 6.45) is 3.12. The van der Waals surface area contributed by atoms with E-state index in [1.165, 1.54) is 27.8 Å². The Morgan fingerprint density at radius 1 is 1.03 bits per heavy atom. The Balaban J connectivity index is 1.33. The topological polar surface area (TPSA) is 48.0 Å². The molecule has 2 heterocycles. The highest BCUT2D eigenvalue weighted by atomic mass is 16.6. The van der Waals surface area contributed by atoms with E-state index in [0.29, 0.717) is 19.8 Å². The average Bonchev–Trinajstić information content (AvgIpc) is 3.05. The highest BCUT2D eigenvalue weighted by Gasteiger charge is 2.41. The number of benzene rings is 2. The maximum Gasteiger partial charge on any atom is 0.410 e. The summed E-state index contributed by atoms with van der Waals surface area (Å²) in [6, 6.07) is 16.8. The fraction of sp³-hybridized carbons (Fsp3) is 0.375. The van der Waals surface area contributed by atoms with Crippen LogP contribution in [0.4, 0.5) is 4.79 Å². The van der Waals surface area contributed by atoms with Crippen LogP contribution in [0.5, 0.6) is 0 Å². The minimum Gasteiger partial charge on any atom is -0.504 e. The number of carbonyl (C=O) groups is 1. The summed E-state index contributed by atoms with van der Waals surface area (Å²) in [6.45, 7) is 1.44. The molecule has 2 atom stereocenters. The van der Waals surface area contributed by atoms with Gasteiger partial charge in [0.2, 0.25) is 0 Å². The molecule has 3 aliphatic rings. The van der Waals surface area contributed by atoms with Gasteiger partial charge in [-0.05, 0) is 40.7 Å². The van der Waals surface area contributed by atoms with Crippen molar-refractivity contribution in [2.45, 2.75) is 30.8 Å². The molecule has 0 saturated carbocycles. The number of piperidine rings is 1. The highest BCUT2D eigenvalue weighted by Crippen LogP contribution is 2.44. The molecule has 2 aromatic rings. The first-order chi connectivity index (χ1) is 14.3. The first-order valence-electron chi connectivity index (χ1n) is 10.2. The molecule has 5 heteroatoms. The van der Waals surface area contributed by atoms with Gasteiger partial charge in [0, 0.05) is 5.92 Å². The minimum absolute atomic E-state index is 0.0135. The molecule has 0 radical (unpaired) electrons. The molecule has 0 spiro atoms. The quantitative estimate of drug-likeness (QED) is 0.731. The van der Waals surface area contributed by atoms with Gasteiger partial charge >= 0.3 is 6.09 Å². The van der Waals surface area contributed by atoms with Gasteiger partial charge in [-0.15, -0.1) is 0 Å². The van der Waals surface area contributed by atoms with Crippen LogP contribution in [0.2, 0.25) is 0 Å². The number of fused-ring (bicyclic) bond motifs is 5. The van der Waals surface area contributed by atoms with Gasteiger partial charge in [0.25, 0.3) is 0 Å². The van der Waals surface area contributed by atoms with Gasteiger partial charge in [0.05, 0.1) is 38.7 Å². The number of hydrogen-bond acceptors (Lipinski definition) is 4. The summed E-state index contributed by atoms with van der Waals surface area (Å²) in [5, 5.41) is 0. The minimum atomic E-state index is -0.235. The first-order valence-corrected chi connectivity index (χ1v) is 10.2. The van der Waals surface area contributed by atoms with Crippen molar-refractivity contribution in [3.05, 3.63) is 71.5 Å². The Hall–Kier alpha value is -2.79. The van der Waals surface area contributed by atoms with Crippen LogP contribution in [-0.4, -0.2) is 50.0 Å². The lowest BCUT2D eigenvalue weighted by molar-refractivity contribution is -0.0554. The van der Waals surface area contributed by atoms with E-state index >= 15 is 0 Å². The van der Waals surface area contributed by atoms with Crippen LogP contribution in [-0.2, 0) is 14.2 Å². The van der Waals surface area contributed by atoms with E-state index in [4.69, 9.17) is 14.2 Å². The van der Waals surface area contributed by atoms with Crippen molar-refractivity contribution in [2.75, 3.05) is 26.9 Å². The van der Waals surface area contributed by atoms with E-state index in [1.54, 1.807) is 13.4 Å². The van der Waals surface area contributed by atoms with Crippen molar-refractivity contribution in [1.82, 2.24) is 4.90 Å². The number of carbonyl (C=O) groups excluding carboxylic acids is 1. The van der Waals surface area contributed by atoms with Crippen LogP contribution in [0.25, 0.3) is 11.1 Å². The summed E-state index contributed by atoms with van der Waals surface area (Å²) in [5.74, 6) is 0.0798. The number of methoxy groups -OCH3 is 1. The fourth-order valence-electron chi connectivity index (χ4n) is 5.03. The molecular weight excluding hydrogens is 366 g/mol. The molecule has 2 aliphatic heterocycles. The summed E-state index contributed by atoms with van der Waals surface area (Å²) >= 11 is 0. The SMILES string of the molecule is COC=C1CC2COCC(C1)N2C(=O)OCC1c2ccccc2-c2ccccc21. The molecule has 2 bridgehead atoms. The van der Waals surface area contributed by atoms with Gasteiger partial charge in [-0.25, -0.2) is 4.79 Å². The predicted molar refractivity (Wildman–Crippen MR) is 110 cm³/mol. The van der Waals surface area contributed by atoms with Crippen molar-refractivity contribution in [3.63, 3.8) is 0 Å². The summed E-state index contributed by atoms with van der Waals surface area (Å²) in [5.41, 5.74) is 6.17. The van der Waals surface area contributed by atoms with E-state index in [1.807, 2.05) is 4.90 Å². The molecule has 29 heavy (non-hydrogen) atoms. The van der Waals surface area contributed by atoms with E-state index in [9.17, 15) is 4.79 Å². The number of morpholine rings is 1. The van der Waals surface area contributed by atoms with Crippen LogP contribution in [0.3, 0.4) is 0 Å². The molecule has 0 aromatic heterocycles. The number of hydrogen-bond donors (Lipinski definition) is 0. The third kappa shape index (κ3) is 3.19. The molecule has 0 N–H and O–H groups in total. The fourth-order valence-corrected chi connectivity index (χ4v) is 5.03. The largest absolute Gasteiger partial charge is 0.504 e. The predicted octanol–water partition coefficient (Wildman–Crippen LogP) is 4.33. The number of ether oxygens (including phenoxy) is 3. The van der Waals surface area contributed by atoms with Crippen LogP contribution in [0, 0.1) is 0 Å². The molecular formula is C24H25NO4. The molecule has 2 saturated heterocycles. The van der Waals surface area contributed by atoms with Crippen molar-refractivity contribution in [3.8, 4) is 11.1 Å². The van der Waals surface area contributed by atoms with E-state index in [-0.39, 0.29) is 24.1 Å². The highest BCUT2D eigenvalue weighted by molar-refractivity contribution is 5.79. The second-order valence-electron chi connectivity index (χ2n) is 7.98. The van der Waals surface area contributed by atoms with Crippen molar-refractivity contribution < 1.29 is 19.0 Å². The summed E-state index contributed by atoms with van der Waals surface area (Å²) < 4.78 is 16.8. The molecule has 5 nitrogen and oxygen atoms in total. The zero-order valence-electron chi connectivity index (χ0n) is 16.5.